The number of hydrogen-bond acceptors (Lipinski definition) is 2. The first-order chi connectivity index (χ1) is 7.77. The summed E-state index contributed by atoms with van der Waals surface area (Å²) >= 11 is 0. The summed E-state index contributed by atoms with van der Waals surface area (Å²) in [6, 6.07) is 10.1. The molecule has 2 aromatic rings. The van der Waals surface area contributed by atoms with Gasteiger partial charge in [0.1, 0.15) is 0 Å². The van der Waals surface area contributed by atoms with Gasteiger partial charge in [-0.05, 0) is 37.5 Å². The van der Waals surface area contributed by atoms with Gasteiger partial charge in [0, 0.05) is 12.4 Å². The van der Waals surface area contributed by atoms with Crippen molar-refractivity contribution >= 4 is 0 Å². The number of aliphatic hydroxyl groups is 1. The number of benzene rings is 1. The SMILES string of the molecule is C[C@@H](O)CCc1ccccc1-n1cccn1. The molecule has 1 N–H and O–H groups in total. The quantitative estimate of drug-likeness (QED) is 0.850. The summed E-state index contributed by atoms with van der Waals surface area (Å²) in [5, 5.41) is 13.5. The summed E-state index contributed by atoms with van der Waals surface area (Å²) < 4.78 is 1.86. The van der Waals surface area contributed by atoms with Gasteiger partial charge in [-0.3, -0.25) is 0 Å². The minimum atomic E-state index is -0.259. The molecule has 0 fully saturated rings. The zero-order valence-electron chi connectivity index (χ0n) is 9.37. The van der Waals surface area contributed by atoms with E-state index in [1.165, 1.54) is 5.56 Å². The molecule has 3 heteroatoms. The fraction of sp³-hybridized carbons (Fsp3) is 0.308. The molecule has 1 heterocycles. The van der Waals surface area contributed by atoms with Crippen molar-refractivity contribution in [2.75, 3.05) is 0 Å². The predicted octanol–water partition coefficient (Wildman–Crippen LogP) is 2.19. The van der Waals surface area contributed by atoms with Crippen LogP contribution in [0.1, 0.15) is 18.9 Å². The Balaban J connectivity index is 2.24. The van der Waals surface area contributed by atoms with E-state index in [9.17, 15) is 5.11 Å². The molecule has 0 unspecified atom stereocenters. The highest BCUT2D eigenvalue weighted by Crippen LogP contribution is 2.15. The average Bonchev–Trinajstić information content (AvgIpc) is 2.80. The van der Waals surface area contributed by atoms with Crippen molar-refractivity contribution in [2.45, 2.75) is 25.9 Å². The van der Waals surface area contributed by atoms with Crippen molar-refractivity contribution in [3.63, 3.8) is 0 Å². The minimum absolute atomic E-state index is 0.259. The summed E-state index contributed by atoms with van der Waals surface area (Å²) in [4.78, 5) is 0. The van der Waals surface area contributed by atoms with E-state index < -0.39 is 0 Å². The Kier molecular flexibility index (Phi) is 3.37. The Hall–Kier alpha value is -1.61. The van der Waals surface area contributed by atoms with E-state index in [0.717, 1.165) is 18.5 Å². The molecule has 0 spiro atoms. The molecule has 1 aromatic heterocycles. The van der Waals surface area contributed by atoms with Gasteiger partial charge in [-0.15, -0.1) is 0 Å². The van der Waals surface area contributed by atoms with Crippen LogP contribution in [0.5, 0.6) is 0 Å². The number of aryl methyl sites for hydroxylation is 1. The molecule has 0 saturated heterocycles. The first-order valence-corrected chi connectivity index (χ1v) is 5.53. The van der Waals surface area contributed by atoms with Crippen LogP contribution >= 0.6 is 0 Å². The van der Waals surface area contributed by atoms with Gasteiger partial charge in [-0.2, -0.15) is 5.10 Å². The molecule has 0 aliphatic rings. The fourth-order valence-corrected chi connectivity index (χ4v) is 1.72. The largest absolute Gasteiger partial charge is 0.393 e. The second-order valence-electron chi connectivity index (χ2n) is 3.97. The molecule has 1 atom stereocenters. The molecule has 0 amide bonds. The van der Waals surface area contributed by atoms with Crippen molar-refractivity contribution in [2.24, 2.45) is 0 Å². The maximum absolute atomic E-state index is 9.31. The fourth-order valence-electron chi connectivity index (χ4n) is 1.72. The van der Waals surface area contributed by atoms with Crippen molar-refractivity contribution in [3.05, 3.63) is 48.3 Å². The second-order valence-corrected chi connectivity index (χ2v) is 3.97. The smallest absolute Gasteiger partial charge is 0.0677 e. The standard InChI is InChI=1S/C13H16N2O/c1-11(16)7-8-12-5-2-3-6-13(12)15-10-4-9-14-15/h2-6,9-11,16H,7-8H2,1H3/t11-/m1/s1. The zero-order valence-corrected chi connectivity index (χ0v) is 9.37. The summed E-state index contributed by atoms with van der Waals surface area (Å²) in [6.45, 7) is 1.82. The second kappa shape index (κ2) is 4.94. The molecule has 1 aromatic carbocycles. The monoisotopic (exact) mass is 216 g/mol. The van der Waals surface area contributed by atoms with Crippen LogP contribution in [0, 0.1) is 0 Å². The van der Waals surface area contributed by atoms with Crippen LogP contribution in [0.4, 0.5) is 0 Å². The lowest BCUT2D eigenvalue weighted by Gasteiger charge is -2.10. The predicted molar refractivity (Wildman–Crippen MR) is 63.6 cm³/mol. The number of aliphatic hydroxyl groups excluding tert-OH is 1. The summed E-state index contributed by atoms with van der Waals surface area (Å²) in [5.41, 5.74) is 2.31. The van der Waals surface area contributed by atoms with Crippen LogP contribution in [0.2, 0.25) is 0 Å². The van der Waals surface area contributed by atoms with E-state index >= 15 is 0 Å². The van der Waals surface area contributed by atoms with Gasteiger partial charge in [0.15, 0.2) is 0 Å². The van der Waals surface area contributed by atoms with Crippen molar-refractivity contribution in [3.8, 4) is 5.69 Å². The minimum Gasteiger partial charge on any atom is -0.393 e. The summed E-state index contributed by atoms with van der Waals surface area (Å²) in [6.07, 6.45) is 5.09. The summed E-state index contributed by atoms with van der Waals surface area (Å²) in [5.74, 6) is 0. The summed E-state index contributed by atoms with van der Waals surface area (Å²) in [7, 11) is 0. The number of para-hydroxylation sites is 1. The van der Waals surface area contributed by atoms with Crippen LogP contribution in [-0.4, -0.2) is 21.0 Å². The number of aromatic nitrogens is 2. The Labute approximate surface area is 95.3 Å². The lowest BCUT2D eigenvalue weighted by atomic mass is 10.1. The maximum atomic E-state index is 9.31. The Bertz CT molecular complexity index is 435. The van der Waals surface area contributed by atoms with Gasteiger partial charge >= 0.3 is 0 Å². The Morgan fingerprint density at radius 1 is 1.31 bits per heavy atom. The van der Waals surface area contributed by atoms with E-state index in [-0.39, 0.29) is 6.10 Å². The van der Waals surface area contributed by atoms with E-state index in [0.29, 0.717) is 0 Å². The number of rotatable bonds is 4. The van der Waals surface area contributed by atoms with Gasteiger partial charge in [0.2, 0.25) is 0 Å². The first kappa shape index (κ1) is 10.9. The van der Waals surface area contributed by atoms with Gasteiger partial charge in [-0.25, -0.2) is 4.68 Å². The molecular formula is C13H16N2O. The molecule has 0 saturated carbocycles. The van der Waals surface area contributed by atoms with E-state index in [1.54, 1.807) is 6.20 Å². The van der Waals surface area contributed by atoms with Crippen molar-refractivity contribution in [1.82, 2.24) is 9.78 Å². The third-order valence-electron chi connectivity index (χ3n) is 2.57. The lowest BCUT2D eigenvalue weighted by molar-refractivity contribution is 0.185. The molecule has 0 bridgehead atoms. The number of hydrogen-bond donors (Lipinski definition) is 1. The van der Waals surface area contributed by atoms with Crippen LogP contribution in [0.15, 0.2) is 42.7 Å². The zero-order chi connectivity index (χ0) is 11.4. The Morgan fingerprint density at radius 3 is 2.81 bits per heavy atom. The van der Waals surface area contributed by atoms with Gasteiger partial charge < -0.3 is 5.11 Å². The average molecular weight is 216 g/mol. The van der Waals surface area contributed by atoms with Crippen LogP contribution < -0.4 is 0 Å². The van der Waals surface area contributed by atoms with E-state index in [2.05, 4.69) is 11.2 Å². The third-order valence-corrected chi connectivity index (χ3v) is 2.57. The molecule has 0 aliphatic carbocycles. The van der Waals surface area contributed by atoms with Gasteiger partial charge in [0.25, 0.3) is 0 Å². The lowest BCUT2D eigenvalue weighted by Crippen LogP contribution is -2.05. The van der Waals surface area contributed by atoms with Crippen LogP contribution in [0.3, 0.4) is 0 Å². The highest BCUT2D eigenvalue weighted by atomic mass is 16.3. The molecule has 0 aliphatic heterocycles. The van der Waals surface area contributed by atoms with Crippen LogP contribution in [0.25, 0.3) is 5.69 Å². The normalized spacial score (nSPS) is 12.6. The third kappa shape index (κ3) is 2.49. The molecule has 3 nitrogen and oxygen atoms in total. The first-order valence-electron chi connectivity index (χ1n) is 5.53. The maximum Gasteiger partial charge on any atom is 0.0677 e. The van der Waals surface area contributed by atoms with E-state index in [4.69, 9.17) is 0 Å². The van der Waals surface area contributed by atoms with Crippen LogP contribution in [-0.2, 0) is 6.42 Å². The Morgan fingerprint density at radius 2 is 2.12 bits per heavy atom. The van der Waals surface area contributed by atoms with Crippen molar-refractivity contribution in [1.29, 1.82) is 0 Å². The highest BCUT2D eigenvalue weighted by molar-refractivity contribution is 5.40. The van der Waals surface area contributed by atoms with Crippen molar-refractivity contribution < 1.29 is 5.11 Å². The molecule has 16 heavy (non-hydrogen) atoms. The molecule has 0 radical (unpaired) electrons. The molecule has 2 rings (SSSR count). The topological polar surface area (TPSA) is 38.0 Å². The van der Waals surface area contributed by atoms with E-state index in [1.807, 2.05) is 42.1 Å². The van der Waals surface area contributed by atoms with Gasteiger partial charge in [0.05, 0.1) is 11.8 Å². The highest BCUT2D eigenvalue weighted by Gasteiger charge is 2.05. The number of nitrogens with zero attached hydrogens (tertiary/aromatic N) is 2. The molecular weight excluding hydrogens is 200 g/mol. The molecule has 84 valence electrons. The van der Waals surface area contributed by atoms with Gasteiger partial charge in [-0.1, -0.05) is 18.2 Å².